The van der Waals surface area contributed by atoms with Crippen LogP contribution in [-0.2, 0) is 24.8 Å². The van der Waals surface area contributed by atoms with Crippen LogP contribution in [0.1, 0.15) is 0 Å². The third-order valence-electron chi connectivity index (χ3n) is 5.04. The second-order valence-corrected chi connectivity index (χ2v) is 11.0. The van der Waals surface area contributed by atoms with Gasteiger partial charge < -0.3 is 15.0 Å². The van der Waals surface area contributed by atoms with E-state index in [1.807, 2.05) is 0 Å². The van der Waals surface area contributed by atoms with E-state index in [0.717, 1.165) is 16.4 Å². The van der Waals surface area contributed by atoms with E-state index in [2.05, 4.69) is 5.32 Å². The molecule has 0 aliphatic carbocycles. The summed E-state index contributed by atoms with van der Waals surface area (Å²) < 4.78 is 84.4. The molecule has 1 N–H and O–H groups in total. The predicted octanol–water partition coefficient (Wildman–Crippen LogP) is -0.357. The number of amides is 2. The van der Waals surface area contributed by atoms with Crippen molar-refractivity contribution in [1.82, 2.24) is 18.8 Å². The molecular weight excluding hydrogens is 458 g/mol. The quantitative estimate of drug-likeness (QED) is 0.592. The van der Waals surface area contributed by atoms with Crippen molar-refractivity contribution in [3.63, 3.8) is 0 Å². The zero-order valence-electron chi connectivity index (χ0n) is 16.7. The van der Waals surface area contributed by atoms with Gasteiger partial charge in [0, 0.05) is 45.8 Å². The van der Waals surface area contributed by atoms with Crippen LogP contribution in [0.2, 0.25) is 0 Å². The Morgan fingerprint density at radius 3 is 2.26 bits per heavy atom. The monoisotopic (exact) mass is 482 g/mol. The highest BCUT2D eigenvalue weighted by Gasteiger charge is 2.32. The molecule has 10 nitrogen and oxygen atoms in total. The van der Waals surface area contributed by atoms with Gasteiger partial charge in [0.15, 0.2) is 0 Å². The van der Waals surface area contributed by atoms with Gasteiger partial charge in [-0.3, -0.25) is 0 Å². The maximum atomic E-state index is 13.9. The van der Waals surface area contributed by atoms with Crippen LogP contribution in [0.4, 0.5) is 13.6 Å². The molecule has 31 heavy (non-hydrogen) atoms. The maximum Gasteiger partial charge on any atom is 0.317 e. The molecule has 0 bridgehead atoms. The number of morpholine rings is 1. The first-order valence-electron chi connectivity index (χ1n) is 9.65. The Morgan fingerprint density at radius 1 is 0.968 bits per heavy atom. The normalized spacial score (nSPS) is 19.4. The van der Waals surface area contributed by atoms with Crippen molar-refractivity contribution >= 4 is 26.1 Å². The number of ether oxygens (including phenoxy) is 1. The Morgan fingerprint density at radius 2 is 1.61 bits per heavy atom. The van der Waals surface area contributed by atoms with Crippen molar-refractivity contribution in [2.45, 2.75) is 4.90 Å². The van der Waals surface area contributed by atoms with Gasteiger partial charge in [0.2, 0.25) is 20.0 Å². The summed E-state index contributed by atoms with van der Waals surface area (Å²) in [5, 5.41) is 2.52. The molecule has 0 radical (unpaired) electrons. The average molecular weight is 483 g/mol. The molecule has 0 saturated carbocycles. The van der Waals surface area contributed by atoms with Gasteiger partial charge in [0.25, 0.3) is 0 Å². The van der Waals surface area contributed by atoms with Crippen LogP contribution in [0.5, 0.6) is 0 Å². The number of benzene rings is 1. The van der Waals surface area contributed by atoms with Crippen molar-refractivity contribution in [3.8, 4) is 0 Å². The molecule has 0 atom stereocenters. The van der Waals surface area contributed by atoms with Crippen LogP contribution in [0, 0.1) is 11.6 Å². The number of nitrogens with zero attached hydrogens (tertiary/aromatic N) is 3. The summed E-state index contributed by atoms with van der Waals surface area (Å²) in [7, 11) is -7.76. The Kier molecular flexibility index (Phi) is 7.47. The second-order valence-electron chi connectivity index (χ2n) is 7.03. The van der Waals surface area contributed by atoms with E-state index >= 15 is 0 Å². The Hall–Kier alpha value is -1.87. The van der Waals surface area contributed by atoms with Crippen molar-refractivity contribution in [2.24, 2.45) is 0 Å². The Bertz CT molecular complexity index is 1010. The molecule has 0 spiro atoms. The standard InChI is InChI=1S/C17H24F2N4O6S2/c18-14-1-2-15(19)16(13-14)31(27,28)23-6-4-21(5-7-23)17(24)20-3-12-30(25,26)22-8-10-29-11-9-22/h1-2,13H,3-12H2,(H,20,24). The van der Waals surface area contributed by atoms with Crippen molar-refractivity contribution in [1.29, 1.82) is 0 Å². The largest absolute Gasteiger partial charge is 0.379 e. The van der Waals surface area contributed by atoms with E-state index in [-0.39, 0.29) is 51.6 Å². The van der Waals surface area contributed by atoms with Crippen LogP contribution in [0.3, 0.4) is 0 Å². The summed E-state index contributed by atoms with van der Waals surface area (Å²) in [6.07, 6.45) is 0. The summed E-state index contributed by atoms with van der Waals surface area (Å²) in [4.78, 5) is 12.9. The van der Waals surface area contributed by atoms with Crippen LogP contribution >= 0.6 is 0 Å². The molecule has 2 saturated heterocycles. The number of carbonyl (C=O) groups excluding carboxylic acids is 1. The van der Waals surface area contributed by atoms with Crippen LogP contribution in [0.25, 0.3) is 0 Å². The molecule has 1 aromatic carbocycles. The summed E-state index contributed by atoms with van der Waals surface area (Å²) >= 11 is 0. The van der Waals surface area contributed by atoms with Gasteiger partial charge in [0.1, 0.15) is 16.5 Å². The molecule has 2 aliphatic rings. The van der Waals surface area contributed by atoms with E-state index in [9.17, 15) is 30.4 Å². The number of halogens is 2. The van der Waals surface area contributed by atoms with Gasteiger partial charge in [0.05, 0.1) is 19.0 Å². The molecule has 3 rings (SSSR count). The van der Waals surface area contributed by atoms with Crippen molar-refractivity contribution in [2.75, 3.05) is 64.8 Å². The fraction of sp³-hybridized carbons (Fsp3) is 0.588. The van der Waals surface area contributed by atoms with E-state index in [0.29, 0.717) is 19.3 Å². The topological polar surface area (TPSA) is 116 Å². The third-order valence-corrected chi connectivity index (χ3v) is 8.82. The lowest BCUT2D eigenvalue weighted by atomic mass is 10.3. The maximum absolute atomic E-state index is 13.9. The molecule has 174 valence electrons. The van der Waals surface area contributed by atoms with Crippen LogP contribution in [-0.4, -0.2) is 101 Å². The molecule has 14 heteroatoms. The predicted molar refractivity (Wildman–Crippen MR) is 106 cm³/mol. The van der Waals surface area contributed by atoms with Crippen LogP contribution in [0.15, 0.2) is 23.1 Å². The minimum Gasteiger partial charge on any atom is -0.379 e. The number of urea groups is 1. The third kappa shape index (κ3) is 5.68. The van der Waals surface area contributed by atoms with Gasteiger partial charge in [-0.2, -0.15) is 8.61 Å². The highest BCUT2D eigenvalue weighted by molar-refractivity contribution is 7.89. The van der Waals surface area contributed by atoms with Crippen molar-refractivity contribution in [3.05, 3.63) is 29.8 Å². The zero-order chi connectivity index (χ0) is 22.6. The summed E-state index contributed by atoms with van der Waals surface area (Å²) in [6, 6.07) is 1.68. The molecule has 1 aromatic rings. The molecule has 0 unspecified atom stereocenters. The Labute approximate surface area is 179 Å². The first-order chi connectivity index (χ1) is 14.6. The van der Waals surface area contributed by atoms with Gasteiger partial charge in [-0.25, -0.2) is 30.4 Å². The molecule has 2 fully saturated rings. The number of carbonyl (C=O) groups is 1. The lowest BCUT2D eigenvalue weighted by Gasteiger charge is -2.34. The summed E-state index contributed by atoms with van der Waals surface area (Å²) in [5.41, 5.74) is 0. The lowest BCUT2D eigenvalue weighted by molar-refractivity contribution is 0.0730. The molecule has 2 amide bonds. The lowest BCUT2D eigenvalue weighted by Crippen LogP contribution is -2.53. The molecule has 0 aromatic heterocycles. The van der Waals surface area contributed by atoms with Gasteiger partial charge in [-0.15, -0.1) is 0 Å². The van der Waals surface area contributed by atoms with E-state index in [4.69, 9.17) is 4.74 Å². The van der Waals surface area contributed by atoms with Gasteiger partial charge >= 0.3 is 6.03 Å². The highest BCUT2D eigenvalue weighted by Crippen LogP contribution is 2.21. The SMILES string of the molecule is O=C(NCCS(=O)(=O)N1CCOCC1)N1CCN(S(=O)(=O)c2cc(F)ccc2F)CC1. The van der Waals surface area contributed by atoms with E-state index < -0.39 is 42.6 Å². The minimum absolute atomic E-state index is 0.0260. The first kappa shape index (κ1) is 23.8. The number of hydrogen-bond donors (Lipinski definition) is 1. The smallest absolute Gasteiger partial charge is 0.317 e. The van der Waals surface area contributed by atoms with E-state index in [1.54, 1.807) is 0 Å². The fourth-order valence-corrected chi connectivity index (χ4v) is 6.12. The van der Waals surface area contributed by atoms with E-state index in [1.165, 1.54) is 9.21 Å². The first-order valence-corrected chi connectivity index (χ1v) is 12.7. The number of nitrogens with one attached hydrogen (secondary N) is 1. The molecular formula is C17H24F2N4O6S2. The minimum atomic E-state index is -4.25. The second kappa shape index (κ2) is 9.73. The molecule has 2 heterocycles. The van der Waals surface area contributed by atoms with Gasteiger partial charge in [-0.1, -0.05) is 0 Å². The van der Waals surface area contributed by atoms with Crippen molar-refractivity contribution < 1.29 is 35.1 Å². The Balaban J connectivity index is 1.50. The zero-order valence-corrected chi connectivity index (χ0v) is 18.3. The molecule has 2 aliphatic heterocycles. The summed E-state index contributed by atoms with van der Waals surface area (Å²) in [5.74, 6) is -2.18. The summed E-state index contributed by atoms with van der Waals surface area (Å²) in [6.45, 7) is 0.978. The number of rotatable bonds is 6. The average Bonchev–Trinajstić information content (AvgIpc) is 2.76. The van der Waals surface area contributed by atoms with Crippen LogP contribution < -0.4 is 5.32 Å². The van der Waals surface area contributed by atoms with Gasteiger partial charge in [-0.05, 0) is 18.2 Å². The fourth-order valence-electron chi connectivity index (χ4n) is 3.30. The highest BCUT2D eigenvalue weighted by atomic mass is 32.2. The number of hydrogen-bond acceptors (Lipinski definition) is 6. The number of sulfonamides is 2. The number of piperazine rings is 1.